The maximum Gasteiger partial charge on any atom is 0.119 e. The molecule has 4 heteroatoms. The molecule has 2 aromatic carbocycles. The fraction of sp³-hybridized carbons (Fsp3) is 0.455. The van der Waals surface area contributed by atoms with Crippen LogP contribution in [-0.2, 0) is 11.2 Å². The second-order valence-corrected chi connectivity index (χ2v) is 7.82. The van der Waals surface area contributed by atoms with Crippen LogP contribution in [-0.4, -0.2) is 23.9 Å². The number of benzene rings is 2. The molecule has 0 spiro atoms. The van der Waals surface area contributed by atoms with Gasteiger partial charge in [0.05, 0.1) is 24.9 Å². The van der Waals surface area contributed by atoms with E-state index in [4.69, 9.17) is 21.1 Å². The molecule has 0 amide bonds. The number of halogens is 1. The quantitative estimate of drug-likeness (QED) is 0.781. The highest BCUT2D eigenvalue weighted by atomic mass is 35.5. The van der Waals surface area contributed by atoms with Gasteiger partial charge in [-0.3, -0.25) is 0 Å². The zero-order valence-corrected chi connectivity index (χ0v) is 15.8. The van der Waals surface area contributed by atoms with Gasteiger partial charge in [0.25, 0.3) is 0 Å². The Morgan fingerprint density at radius 2 is 2.00 bits per heavy atom. The van der Waals surface area contributed by atoms with Crippen LogP contribution in [0.5, 0.6) is 5.75 Å². The van der Waals surface area contributed by atoms with Crippen LogP contribution in [0.1, 0.15) is 49.0 Å². The number of hydrogen-bond acceptors (Lipinski definition) is 3. The number of fused-ring (bicyclic) bond motifs is 1. The monoisotopic (exact) mass is 372 g/mol. The molecule has 26 heavy (non-hydrogen) atoms. The van der Waals surface area contributed by atoms with Gasteiger partial charge in [0, 0.05) is 5.02 Å². The second kappa shape index (κ2) is 7.22. The third kappa shape index (κ3) is 3.48. The first kappa shape index (κ1) is 17.8. The van der Waals surface area contributed by atoms with Crippen molar-refractivity contribution >= 4 is 11.6 Å². The van der Waals surface area contributed by atoms with Gasteiger partial charge in [0.2, 0.25) is 0 Å². The van der Waals surface area contributed by atoms with Gasteiger partial charge in [-0.05, 0) is 73.4 Å². The van der Waals surface area contributed by atoms with Crippen molar-refractivity contribution in [3.05, 3.63) is 64.2 Å². The first-order chi connectivity index (χ1) is 12.6. The number of aliphatic hydroxyl groups is 1. The van der Waals surface area contributed by atoms with Gasteiger partial charge >= 0.3 is 0 Å². The molecule has 1 saturated heterocycles. The lowest BCUT2D eigenvalue weighted by molar-refractivity contribution is -0.0924. The molecule has 3 atom stereocenters. The van der Waals surface area contributed by atoms with Crippen molar-refractivity contribution in [3.63, 3.8) is 0 Å². The average molecular weight is 373 g/mol. The Labute approximate surface area is 159 Å². The summed E-state index contributed by atoms with van der Waals surface area (Å²) >= 11 is 6.45. The van der Waals surface area contributed by atoms with Crippen molar-refractivity contribution in [2.45, 2.75) is 44.3 Å². The summed E-state index contributed by atoms with van der Waals surface area (Å²) in [7, 11) is 0. The van der Waals surface area contributed by atoms with Crippen LogP contribution in [0.2, 0.25) is 5.02 Å². The fourth-order valence-corrected chi connectivity index (χ4v) is 4.23. The molecule has 138 valence electrons. The fourth-order valence-electron chi connectivity index (χ4n) is 4.05. The molecule has 3 unspecified atom stereocenters. The molecule has 3 nitrogen and oxygen atoms in total. The number of ether oxygens (including phenoxy) is 2. The van der Waals surface area contributed by atoms with E-state index in [-0.39, 0.29) is 18.3 Å². The van der Waals surface area contributed by atoms with E-state index < -0.39 is 0 Å². The van der Waals surface area contributed by atoms with Crippen molar-refractivity contribution in [3.8, 4) is 5.75 Å². The molecular weight excluding hydrogens is 348 g/mol. The molecule has 1 aliphatic heterocycles. The minimum atomic E-state index is -0.280. The zero-order valence-electron chi connectivity index (χ0n) is 15.1. The summed E-state index contributed by atoms with van der Waals surface area (Å²) in [4.78, 5) is 0. The highest BCUT2D eigenvalue weighted by Gasteiger charge is 2.58. The lowest BCUT2D eigenvalue weighted by Crippen LogP contribution is -2.29. The molecule has 1 N–H and O–H groups in total. The topological polar surface area (TPSA) is 38.7 Å². The van der Waals surface area contributed by atoms with Crippen molar-refractivity contribution in [2.75, 3.05) is 13.2 Å². The SMILES string of the molecule is CCOc1ccc(Cc2cc(C3CCC4CC4(CO)O3)ccc2Cl)cc1. The Kier molecular flexibility index (Phi) is 4.96. The van der Waals surface area contributed by atoms with Crippen LogP contribution < -0.4 is 4.74 Å². The average Bonchev–Trinajstić information content (AvgIpc) is 3.40. The van der Waals surface area contributed by atoms with Gasteiger partial charge in [-0.1, -0.05) is 35.9 Å². The predicted octanol–water partition coefficient (Wildman–Crippen LogP) is 4.93. The standard InChI is InChI=1S/C22H25ClO3/c1-2-25-19-7-3-15(4-8-19)11-17-12-16(5-9-20(17)23)21-10-6-18-13-22(18,14-24)26-21/h3-5,7-9,12,18,21,24H,2,6,10-11,13-14H2,1H3. The molecule has 1 heterocycles. The lowest BCUT2D eigenvalue weighted by Gasteiger charge is -2.29. The maximum atomic E-state index is 9.65. The molecule has 0 radical (unpaired) electrons. The minimum absolute atomic E-state index is 0.0530. The van der Waals surface area contributed by atoms with E-state index in [0.717, 1.165) is 47.6 Å². The maximum absolute atomic E-state index is 9.65. The molecule has 2 aliphatic rings. The summed E-state index contributed by atoms with van der Waals surface area (Å²) in [6.45, 7) is 2.78. The summed E-state index contributed by atoms with van der Waals surface area (Å²) in [5, 5.41) is 10.4. The summed E-state index contributed by atoms with van der Waals surface area (Å²) in [5.41, 5.74) is 3.19. The van der Waals surface area contributed by atoms with Crippen molar-refractivity contribution < 1.29 is 14.6 Å². The number of rotatable bonds is 6. The van der Waals surface area contributed by atoms with E-state index in [1.807, 2.05) is 25.1 Å². The third-order valence-corrected chi connectivity index (χ3v) is 6.04. The molecule has 1 saturated carbocycles. The van der Waals surface area contributed by atoms with Gasteiger partial charge in [0.1, 0.15) is 5.75 Å². The Morgan fingerprint density at radius 1 is 1.19 bits per heavy atom. The van der Waals surface area contributed by atoms with Crippen LogP contribution in [0.25, 0.3) is 0 Å². The van der Waals surface area contributed by atoms with Crippen LogP contribution >= 0.6 is 11.6 Å². The van der Waals surface area contributed by atoms with Crippen LogP contribution in [0.3, 0.4) is 0 Å². The van der Waals surface area contributed by atoms with E-state index in [0.29, 0.717) is 12.5 Å². The second-order valence-electron chi connectivity index (χ2n) is 7.41. The first-order valence-electron chi connectivity index (χ1n) is 9.42. The van der Waals surface area contributed by atoms with Gasteiger partial charge in [0.15, 0.2) is 0 Å². The summed E-state index contributed by atoms with van der Waals surface area (Å²) in [6, 6.07) is 14.4. The Hall–Kier alpha value is -1.55. The predicted molar refractivity (Wildman–Crippen MR) is 103 cm³/mol. The van der Waals surface area contributed by atoms with Crippen LogP contribution in [0, 0.1) is 5.92 Å². The Bertz CT molecular complexity index is 773. The van der Waals surface area contributed by atoms with E-state index in [1.165, 1.54) is 5.56 Å². The smallest absolute Gasteiger partial charge is 0.119 e. The van der Waals surface area contributed by atoms with Crippen LogP contribution in [0.4, 0.5) is 0 Å². The summed E-state index contributed by atoms with van der Waals surface area (Å²) in [5.74, 6) is 1.43. The molecule has 2 aromatic rings. The Morgan fingerprint density at radius 3 is 2.73 bits per heavy atom. The normalized spacial score (nSPS) is 27.0. The highest BCUT2D eigenvalue weighted by molar-refractivity contribution is 6.31. The van der Waals surface area contributed by atoms with Gasteiger partial charge < -0.3 is 14.6 Å². The molecule has 4 rings (SSSR count). The minimum Gasteiger partial charge on any atom is -0.494 e. The van der Waals surface area contributed by atoms with E-state index >= 15 is 0 Å². The van der Waals surface area contributed by atoms with E-state index in [2.05, 4.69) is 24.3 Å². The van der Waals surface area contributed by atoms with Crippen molar-refractivity contribution in [2.24, 2.45) is 5.92 Å². The zero-order chi connectivity index (χ0) is 18.1. The van der Waals surface area contributed by atoms with Gasteiger partial charge in [-0.15, -0.1) is 0 Å². The number of hydrogen-bond donors (Lipinski definition) is 1. The largest absolute Gasteiger partial charge is 0.494 e. The summed E-state index contributed by atoms with van der Waals surface area (Å²) < 4.78 is 11.8. The molecule has 1 aliphatic carbocycles. The Balaban J connectivity index is 1.51. The van der Waals surface area contributed by atoms with Gasteiger partial charge in [-0.2, -0.15) is 0 Å². The molecule has 0 aromatic heterocycles. The van der Waals surface area contributed by atoms with Crippen LogP contribution in [0.15, 0.2) is 42.5 Å². The molecular formula is C22H25ClO3. The highest BCUT2D eigenvalue weighted by Crippen LogP contribution is 2.56. The molecule has 0 bridgehead atoms. The number of aliphatic hydroxyl groups excluding tert-OH is 1. The third-order valence-electron chi connectivity index (χ3n) is 5.67. The summed E-state index contributed by atoms with van der Waals surface area (Å²) in [6.07, 6.45) is 3.96. The van der Waals surface area contributed by atoms with Gasteiger partial charge in [-0.25, -0.2) is 0 Å². The van der Waals surface area contributed by atoms with E-state index in [1.54, 1.807) is 0 Å². The molecule has 2 fully saturated rings. The van der Waals surface area contributed by atoms with Crippen molar-refractivity contribution in [1.82, 2.24) is 0 Å². The first-order valence-corrected chi connectivity index (χ1v) is 9.80. The van der Waals surface area contributed by atoms with Crippen molar-refractivity contribution in [1.29, 1.82) is 0 Å². The lowest BCUT2D eigenvalue weighted by atomic mass is 9.95. The van der Waals surface area contributed by atoms with E-state index in [9.17, 15) is 5.11 Å².